The lowest BCUT2D eigenvalue weighted by atomic mass is 10.0. The van der Waals surface area contributed by atoms with Crippen LogP contribution in [-0.4, -0.2) is 25.7 Å². The fraction of sp³-hybridized carbons (Fsp3) is 0.556. The number of ether oxygens (including phenoxy) is 1. The molecular formula is C18H28N2O3. The van der Waals surface area contributed by atoms with Crippen LogP contribution in [0.5, 0.6) is 0 Å². The van der Waals surface area contributed by atoms with Crippen molar-refractivity contribution in [1.29, 1.82) is 0 Å². The summed E-state index contributed by atoms with van der Waals surface area (Å²) in [4.78, 5) is 23.0. The van der Waals surface area contributed by atoms with Gasteiger partial charge in [-0.15, -0.1) is 0 Å². The van der Waals surface area contributed by atoms with Crippen LogP contribution in [-0.2, 0) is 22.4 Å². The van der Waals surface area contributed by atoms with Crippen molar-refractivity contribution in [2.24, 2.45) is 0 Å². The molecule has 23 heavy (non-hydrogen) atoms. The van der Waals surface area contributed by atoms with E-state index >= 15 is 0 Å². The topological polar surface area (TPSA) is 67.4 Å². The number of amides is 2. The number of hydrogen-bond donors (Lipinski definition) is 2. The van der Waals surface area contributed by atoms with Crippen LogP contribution in [0, 0.1) is 0 Å². The van der Waals surface area contributed by atoms with E-state index in [1.54, 1.807) is 0 Å². The van der Waals surface area contributed by atoms with Crippen LogP contribution in [0.15, 0.2) is 18.2 Å². The Balaban J connectivity index is 2.36. The summed E-state index contributed by atoms with van der Waals surface area (Å²) in [5, 5.41) is 5.84. The molecule has 0 atom stereocenters. The largest absolute Gasteiger partial charge is 0.469 e. The molecule has 0 unspecified atom stereocenters. The minimum absolute atomic E-state index is 0.173. The van der Waals surface area contributed by atoms with Gasteiger partial charge in [-0.2, -0.15) is 0 Å². The third kappa shape index (κ3) is 6.72. The maximum Gasteiger partial charge on any atom is 0.319 e. The highest BCUT2D eigenvalue weighted by Crippen LogP contribution is 2.22. The van der Waals surface area contributed by atoms with Crippen LogP contribution in [0.1, 0.15) is 50.7 Å². The monoisotopic (exact) mass is 320 g/mol. The number of esters is 1. The average molecular weight is 320 g/mol. The first-order chi connectivity index (χ1) is 11.1. The standard InChI is InChI=1S/C18H28N2O3/c1-4-14-10-9-11-15(5-2)17(14)20-18(22)19-13-8-6-7-12-16(21)23-3/h9-11H,4-8,12-13H2,1-3H3,(H2,19,20,22). The number of anilines is 1. The van der Waals surface area contributed by atoms with Gasteiger partial charge in [0.15, 0.2) is 0 Å². The molecule has 0 aliphatic carbocycles. The van der Waals surface area contributed by atoms with Gasteiger partial charge in [0.2, 0.25) is 0 Å². The molecule has 2 amide bonds. The smallest absolute Gasteiger partial charge is 0.319 e. The van der Waals surface area contributed by atoms with E-state index in [4.69, 9.17) is 0 Å². The number of hydrogen-bond acceptors (Lipinski definition) is 3. The van der Waals surface area contributed by atoms with E-state index in [2.05, 4.69) is 29.2 Å². The highest BCUT2D eigenvalue weighted by Gasteiger charge is 2.09. The fourth-order valence-electron chi connectivity index (χ4n) is 2.44. The van der Waals surface area contributed by atoms with Crippen molar-refractivity contribution in [2.45, 2.75) is 52.4 Å². The van der Waals surface area contributed by atoms with E-state index in [0.29, 0.717) is 13.0 Å². The van der Waals surface area contributed by atoms with Crippen LogP contribution in [0.3, 0.4) is 0 Å². The molecule has 0 radical (unpaired) electrons. The van der Waals surface area contributed by atoms with Crippen LogP contribution >= 0.6 is 0 Å². The van der Waals surface area contributed by atoms with E-state index in [9.17, 15) is 9.59 Å². The molecule has 0 heterocycles. The SMILES string of the molecule is CCc1cccc(CC)c1NC(=O)NCCCCCC(=O)OC. The highest BCUT2D eigenvalue weighted by atomic mass is 16.5. The first-order valence-corrected chi connectivity index (χ1v) is 8.34. The summed E-state index contributed by atoms with van der Waals surface area (Å²) in [5.41, 5.74) is 3.23. The van der Waals surface area contributed by atoms with E-state index in [1.807, 2.05) is 18.2 Å². The maximum absolute atomic E-state index is 12.0. The second-order valence-corrected chi connectivity index (χ2v) is 5.43. The van der Waals surface area contributed by atoms with Crippen molar-refractivity contribution in [1.82, 2.24) is 5.32 Å². The normalized spacial score (nSPS) is 10.2. The number of para-hydroxylation sites is 1. The number of benzene rings is 1. The van der Waals surface area contributed by atoms with Gasteiger partial charge in [0.25, 0.3) is 0 Å². The van der Waals surface area contributed by atoms with Crippen molar-refractivity contribution >= 4 is 17.7 Å². The summed E-state index contributed by atoms with van der Waals surface area (Å²) in [6.07, 6.45) is 4.73. The first-order valence-electron chi connectivity index (χ1n) is 8.34. The number of aryl methyl sites for hydroxylation is 2. The number of carbonyl (C=O) groups excluding carboxylic acids is 2. The lowest BCUT2D eigenvalue weighted by molar-refractivity contribution is -0.140. The van der Waals surface area contributed by atoms with Gasteiger partial charge in [-0.25, -0.2) is 4.79 Å². The Morgan fingerprint density at radius 3 is 2.26 bits per heavy atom. The Morgan fingerprint density at radius 2 is 1.70 bits per heavy atom. The second-order valence-electron chi connectivity index (χ2n) is 5.43. The third-order valence-corrected chi connectivity index (χ3v) is 3.81. The van der Waals surface area contributed by atoms with Crippen molar-refractivity contribution in [3.05, 3.63) is 29.3 Å². The zero-order valence-corrected chi connectivity index (χ0v) is 14.4. The molecule has 128 valence electrons. The molecule has 1 rings (SSSR count). The molecule has 0 aromatic heterocycles. The summed E-state index contributed by atoms with van der Waals surface area (Å²) in [7, 11) is 1.40. The summed E-state index contributed by atoms with van der Waals surface area (Å²) < 4.78 is 4.59. The number of rotatable bonds is 9. The zero-order chi connectivity index (χ0) is 17.1. The van der Waals surface area contributed by atoms with Gasteiger partial charge in [0.1, 0.15) is 0 Å². The first kappa shape index (κ1) is 19.0. The van der Waals surface area contributed by atoms with Crippen molar-refractivity contribution < 1.29 is 14.3 Å². The molecule has 5 nitrogen and oxygen atoms in total. The Kier molecular flexibility index (Phi) is 8.80. The predicted molar refractivity (Wildman–Crippen MR) is 92.7 cm³/mol. The third-order valence-electron chi connectivity index (χ3n) is 3.81. The molecule has 0 saturated heterocycles. The van der Waals surface area contributed by atoms with Crippen molar-refractivity contribution in [3.8, 4) is 0 Å². The maximum atomic E-state index is 12.0. The van der Waals surface area contributed by atoms with Gasteiger partial charge >= 0.3 is 12.0 Å². The van der Waals surface area contributed by atoms with Crippen LogP contribution in [0.4, 0.5) is 10.5 Å². The number of carbonyl (C=O) groups is 2. The molecule has 0 bridgehead atoms. The molecule has 1 aromatic carbocycles. The van der Waals surface area contributed by atoms with Crippen LogP contribution in [0.2, 0.25) is 0 Å². The van der Waals surface area contributed by atoms with Gasteiger partial charge < -0.3 is 15.4 Å². The Morgan fingerprint density at radius 1 is 1.04 bits per heavy atom. The quantitative estimate of drug-likeness (QED) is 0.539. The minimum Gasteiger partial charge on any atom is -0.469 e. The Labute approximate surface area is 138 Å². The molecule has 1 aromatic rings. The molecular weight excluding hydrogens is 292 g/mol. The molecule has 5 heteroatoms. The molecule has 0 spiro atoms. The lowest BCUT2D eigenvalue weighted by Gasteiger charge is -2.15. The van der Waals surface area contributed by atoms with Crippen LogP contribution in [0.25, 0.3) is 0 Å². The van der Waals surface area contributed by atoms with Gasteiger partial charge in [0.05, 0.1) is 7.11 Å². The van der Waals surface area contributed by atoms with Crippen molar-refractivity contribution in [3.63, 3.8) is 0 Å². The average Bonchev–Trinajstić information content (AvgIpc) is 2.57. The van der Waals surface area contributed by atoms with E-state index in [0.717, 1.165) is 48.9 Å². The van der Waals surface area contributed by atoms with Gasteiger partial charge in [0, 0.05) is 18.7 Å². The Hall–Kier alpha value is -2.04. The molecule has 0 aliphatic heterocycles. The minimum atomic E-state index is -0.182. The molecule has 0 saturated carbocycles. The highest BCUT2D eigenvalue weighted by molar-refractivity contribution is 5.91. The van der Waals surface area contributed by atoms with E-state index < -0.39 is 0 Å². The van der Waals surface area contributed by atoms with Gasteiger partial charge in [-0.1, -0.05) is 38.5 Å². The summed E-state index contributed by atoms with van der Waals surface area (Å²) in [5.74, 6) is -0.182. The lowest BCUT2D eigenvalue weighted by Crippen LogP contribution is -2.30. The van der Waals surface area contributed by atoms with Crippen LogP contribution < -0.4 is 10.6 Å². The van der Waals surface area contributed by atoms with E-state index in [1.165, 1.54) is 7.11 Å². The second kappa shape index (κ2) is 10.6. The number of urea groups is 1. The summed E-state index contributed by atoms with van der Waals surface area (Å²) in [6, 6.07) is 5.94. The molecule has 0 fully saturated rings. The van der Waals surface area contributed by atoms with Crippen molar-refractivity contribution in [2.75, 3.05) is 19.0 Å². The Bertz CT molecular complexity index is 493. The number of unbranched alkanes of at least 4 members (excludes halogenated alkanes) is 2. The molecule has 2 N–H and O–H groups in total. The summed E-state index contributed by atoms with van der Waals surface area (Å²) in [6.45, 7) is 4.76. The van der Waals surface area contributed by atoms with Gasteiger partial charge in [-0.05, 0) is 36.8 Å². The fourth-order valence-corrected chi connectivity index (χ4v) is 2.44. The number of nitrogens with one attached hydrogen (secondary N) is 2. The van der Waals surface area contributed by atoms with Gasteiger partial charge in [-0.3, -0.25) is 4.79 Å². The molecule has 0 aliphatic rings. The van der Waals surface area contributed by atoms with E-state index in [-0.39, 0.29) is 12.0 Å². The number of methoxy groups -OCH3 is 1. The zero-order valence-electron chi connectivity index (χ0n) is 14.4. The summed E-state index contributed by atoms with van der Waals surface area (Å²) >= 11 is 0. The predicted octanol–water partition coefficient (Wildman–Crippen LogP) is 3.67.